The van der Waals surface area contributed by atoms with E-state index in [2.05, 4.69) is 228 Å². The van der Waals surface area contributed by atoms with E-state index >= 15 is 0 Å². The average molecular weight is 779 g/mol. The topological polar surface area (TPSA) is 21.3 Å². The van der Waals surface area contributed by atoms with Crippen molar-refractivity contribution >= 4 is 71.6 Å². The summed E-state index contributed by atoms with van der Waals surface area (Å²) in [6, 6.07) is 83.0. The molecule has 0 fully saturated rings. The van der Waals surface area contributed by atoms with Crippen molar-refractivity contribution < 1.29 is 4.42 Å². The number of nitrogens with zero attached hydrogens (tertiary/aromatic N) is 2. The third-order valence-corrected chi connectivity index (χ3v) is 12.2. The second-order valence-electron chi connectivity index (χ2n) is 15.7. The van der Waals surface area contributed by atoms with Crippen LogP contribution in [0.15, 0.2) is 235 Å². The van der Waals surface area contributed by atoms with Crippen LogP contribution in [0.3, 0.4) is 0 Å². The molecule has 0 N–H and O–H groups in total. The number of aromatic nitrogens is 1. The standard InChI is InChI=1S/C58H38N2O/c1-2-15-41-36-43(31-30-39(41)14-1)42-16-11-18-46(37-42)59(45-34-32-40(33-35-45)49-24-13-25-53-52-23-6-10-29-57(52)61-58(49)53)47-19-12-17-44(38-47)48-20-3-7-26-54(48)60-55-27-8-4-21-50(55)51-22-5-9-28-56(51)60/h1-38H. The van der Waals surface area contributed by atoms with Gasteiger partial charge in [-0.15, -0.1) is 0 Å². The van der Waals surface area contributed by atoms with E-state index in [0.717, 1.165) is 72.5 Å². The van der Waals surface area contributed by atoms with Gasteiger partial charge in [0.05, 0.1) is 16.7 Å². The van der Waals surface area contributed by atoms with Gasteiger partial charge in [-0.05, 0) is 99.8 Å². The van der Waals surface area contributed by atoms with E-state index in [1.165, 1.54) is 38.1 Å². The van der Waals surface area contributed by atoms with Crippen molar-refractivity contribution in [2.75, 3.05) is 4.90 Å². The Kier molecular flexibility index (Phi) is 8.17. The lowest BCUT2D eigenvalue weighted by atomic mass is 9.99. The molecule has 0 amide bonds. The minimum Gasteiger partial charge on any atom is -0.455 e. The average Bonchev–Trinajstić information content (AvgIpc) is 3.88. The molecule has 3 heteroatoms. The van der Waals surface area contributed by atoms with Crippen LogP contribution in [0.5, 0.6) is 0 Å². The van der Waals surface area contributed by atoms with E-state index in [0.29, 0.717) is 0 Å². The summed E-state index contributed by atoms with van der Waals surface area (Å²) in [5, 5.41) is 7.22. The summed E-state index contributed by atoms with van der Waals surface area (Å²) in [6.45, 7) is 0. The molecule has 0 spiro atoms. The van der Waals surface area contributed by atoms with Crippen LogP contribution in [0, 0.1) is 0 Å². The summed E-state index contributed by atoms with van der Waals surface area (Å²) < 4.78 is 8.88. The van der Waals surface area contributed by atoms with Crippen LogP contribution in [0.25, 0.3) is 93.6 Å². The molecule has 2 aromatic heterocycles. The number of para-hydroxylation sites is 5. The molecule has 0 aliphatic heterocycles. The van der Waals surface area contributed by atoms with Gasteiger partial charge in [-0.2, -0.15) is 0 Å². The Bertz CT molecular complexity index is 3560. The van der Waals surface area contributed by atoms with E-state index in [9.17, 15) is 0 Å². The predicted octanol–water partition coefficient (Wildman–Crippen LogP) is 16.3. The molecule has 0 saturated heterocycles. The SMILES string of the molecule is c1cc(-c2ccc3ccccc3c2)cc(N(c2ccc(-c3cccc4c3oc3ccccc34)cc2)c2cccc(-c3ccccc3-n3c4ccccc4c4ccccc43)c2)c1. The number of hydrogen-bond acceptors (Lipinski definition) is 2. The summed E-state index contributed by atoms with van der Waals surface area (Å²) in [4.78, 5) is 2.38. The molecule has 12 rings (SSSR count). The Balaban J connectivity index is 1.01. The zero-order valence-electron chi connectivity index (χ0n) is 33.2. The van der Waals surface area contributed by atoms with Crippen molar-refractivity contribution in [3.63, 3.8) is 0 Å². The molecular weight excluding hydrogens is 741 g/mol. The van der Waals surface area contributed by atoms with Gasteiger partial charge in [0.1, 0.15) is 11.2 Å². The minimum absolute atomic E-state index is 0.902. The third-order valence-electron chi connectivity index (χ3n) is 12.2. The highest BCUT2D eigenvalue weighted by Gasteiger charge is 2.19. The van der Waals surface area contributed by atoms with Gasteiger partial charge in [0, 0.05) is 49.7 Å². The predicted molar refractivity (Wildman–Crippen MR) is 257 cm³/mol. The second kappa shape index (κ2) is 14.3. The van der Waals surface area contributed by atoms with Crippen molar-refractivity contribution in [3.8, 4) is 39.1 Å². The number of benzene rings is 10. The highest BCUT2D eigenvalue weighted by atomic mass is 16.3. The minimum atomic E-state index is 0.902. The maximum Gasteiger partial charge on any atom is 0.143 e. The molecule has 0 saturated carbocycles. The van der Waals surface area contributed by atoms with Crippen molar-refractivity contribution in [1.82, 2.24) is 4.57 Å². The third kappa shape index (κ3) is 5.90. The van der Waals surface area contributed by atoms with Gasteiger partial charge in [-0.1, -0.05) is 164 Å². The fraction of sp³-hybridized carbons (Fsp3) is 0. The summed E-state index contributed by atoms with van der Waals surface area (Å²) in [7, 11) is 0. The number of hydrogen-bond donors (Lipinski definition) is 0. The van der Waals surface area contributed by atoms with Gasteiger partial charge in [0.2, 0.25) is 0 Å². The van der Waals surface area contributed by atoms with Crippen molar-refractivity contribution in [2.24, 2.45) is 0 Å². The summed E-state index contributed by atoms with van der Waals surface area (Å²) in [6.07, 6.45) is 0. The van der Waals surface area contributed by atoms with Crippen LogP contribution in [-0.2, 0) is 0 Å². The van der Waals surface area contributed by atoms with Gasteiger partial charge in [0.15, 0.2) is 0 Å². The summed E-state index contributed by atoms with van der Waals surface area (Å²) >= 11 is 0. The highest BCUT2D eigenvalue weighted by Crippen LogP contribution is 2.42. The first-order chi connectivity index (χ1) is 30.2. The monoisotopic (exact) mass is 778 g/mol. The molecule has 3 nitrogen and oxygen atoms in total. The zero-order valence-corrected chi connectivity index (χ0v) is 33.2. The van der Waals surface area contributed by atoms with Gasteiger partial charge >= 0.3 is 0 Å². The molecule has 12 aromatic rings. The van der Waals surface area contributed by atoms with Crippen LogP contribution in [0.2, 0.25) is 0 Å². The summed E-state index contributed by atoms with van der Waals surface area (Å²) in [5.41, 5.74) is 15.4. The molecule has 0 aliphatic carbocycles. The molecular formula is C58H38N2O. The normalized spacial score (nSPS) is 11.6. The summed E-state index contributed by atoms with van der Waals surface area (Å²) in [5.74, 6) is 0. The zero-order chi connectivity index (χ0) is 40.3. The van der Waals surface area contributed by atoms with Crippen molar-refractivity contribution in [3.05, 3.63) is 231 Å². The van der Waals surface area contributed by atoms with Crippen LogP contribution >= 0.6 is 0 Å². The quantitative estimate of drug-likeness (QED) is 0.161. The van der Waals surface area contributed by atoms with Crippen LogP contribution in [0.4, 0.5) is 17.1 Å². The molecule has 286 valence electrons. The Morgan fingerprint density at radius 2 is 0.885 bits per heavy atom. The largest absolute Gasteiger partial charge is 0.455 e. The lowest BCUT2D eigenvalue weighted by Crippen LogP contribution is -2.10. The van der Waals surface area contributed by atoms with E-state index in [1.807, 2.05) is 12.1 Å². The Hall–Kier alpha value is -8.14. The van der Waals surface area contributed by atoms with Crippen molar-refractivity contribution in [1.29, 1.82) is 0 Å². The van der Waals surface area contributed by atoms with Crippen LogP contribution < -0.4 is 4.90 Å². The number of anilines is 3. The Labute approximate surface area is 353 Å². The molecule has 0 radical (unpaired) electrons. The van der Waals surface area contributed by atoms with Gasteiger partial charge < -0.3 is 13.9 Å². The molecule has 0 atom stereocenters. The first-order valence-electron chi connectivity index (χ1n) is 20.8. The van der Waals surface area contributed by atoms with Gasteiger partial charge in [-0.3, -0.25) is 0 Å². The smallest absolute Gasteiger partial charge is 0.143 e. The molecule has 61 heavy (non-hydrogen) atoms. The molecule has 0 aliphatic rings. The Morgan fingerprint density at radius 1 is 0.328 bits per heavy atom. The molecule has 0 unspecified atom stereocenters. The Morgan fingerprint density at radius 3 is 1.67 bits per heavy atom. The molecule has 0 bridgehead atoms. The number of fused-ring (bicyclic) bond motifs is 7. The number of furan rings is 1. The maximum atomic E-state index is 6.46. The van der Waals surface area contributed by atoms with Gasteiger partial charge in [0.25, 0.3) is 0 Å². The first kappa shape index (κ1) is 34.9. The molecule has 2 heterocycles. The maximum absolute atomic E-state index is 6.46. The van der Waals surface area contributed by atoms with Crippen molar-refractivity contribution in [2.45, 2.75) is 0 Å². The fourth-order valence-electron chi connectivity index (χ4n) is 9.31. The van der Waals surface area contributed by atoms with E-state index in [4.69, 9.17) is 4.42 Å². The molecule has 10 aromatic carbocycles. The second-order valence-corrected chi connectivity index (χ2v) is 15.7. The lowest BCUT2D eigenvalue weighted by Gasteiger charge is -2.27. The fourth-order valence-corrected chi connectivity index (χ4v) is 9.31. The van der Waals surface area contributed by atoms with Crippen LogP contribution in [0.1, 0.15) is 0 Å². The highest BCUT2D eigenvalue weighted by molar-refractivity contribution is 6.11. The lowest BCUT2D eigenvalue weighted by molar-refractivity contribution is 0.670. The first-order valence-corrected chi connectivity index (χ1v) is 20.8. The van der Waals surface area contributed by atoms with Crippen LogP contribution in [-0.4, -0.2) is 4.57 Å². The van der Waals surface area contributed by atoms with E-state index in [-0.39, 0.29) is 0 Å². The van der Waals surface area contributed by atoms with E-state index < -0.39 is 0 Å². The van der Waals surface area contributed by atoms with Gasteiger partial charge in [-0.25, -0.2) is 0 Å². The number of rotatable bonds is 7. The van der Waals surface area contributed by atoms with E-state index in [1.54, 1.807) is 0 Å².